The van der Waals surface area contributed by atoms with E-state index in [2.05, 4.69) is 38.1 Å². The number of nitrogens with zero attached hydrogens (tertiary/aromatic N) is 1. The van der Waals surface area contributed by atoms with Gasteiger partial charge in [-0.1, -0.05) is 13.8 Å². The molecule has 1 aliphatic rings. The Bertz CT molecular complexity index is 118. The van der Waals surface area contributed by atoms with Gasteiger partial charge in [-0.25, -0.2) is 5.01 Å². The van der Waals surface area contributed by atoms with E-state index in [4.69, 9.17) is 0 Å². The van der Waals surface area contributed by atoms with Gasteiger partial charge in [0.25, 0.3) is 0 Å². The molecular weight excluding hydrogens is 148 g/mol. The first-order valence-electron chi connectivity index (χ1n) is 5.14. The fourth-order valence-corrected chi connectivity index (χ4v) is 1.71. The number of hydrogen-bond donors (Lipinski definition) is 1. The first kappa shape index (κ1) is 10.0. The van der Waals surface area contributed by atoms with E-state index >= 15 is 0 Å². The van der Waals surface area contributed by atoms with Crippen molar-refractivity contribution in [1.29, 1.82) is 0 Å². The summed E-state index contributed by atoms with van der Waals surface area (Å²) in [7, 11) is 0. The second-order valence-corrected chi connectivity index (χ2v) is 4.41. The lowest BCUT2D eigenvalue weighted by atomic mass is 9.98. The zero-order valence-electron chi connectivity index (χ0n) is 8.80. The lowest BCUT2D eigenvalue weighted by molar-refractivity contribution is 0.0634. The zero-order valence-corrected chi connectivity index (χ0v) is 8.80. The Kier molecular flexibility index (Phi) is 3.53. The van der Waals surface area contributed by atoms with Crippen LogP contribution in [0.2, 0.25) is 0 Å². The molecule has 2 nitrogen and oxygen atoms in total. The average Bonchev–Trinajstić information content (AvgIpc) is 2.04. The molecule has 0 aromatic heterocycles. The van der Waals surface area contributed by atoms with Gasteiger partial charge in [0.05, 0.1) is 0 Å². The number of hydrazine groups is 1. The van der Waals surface area contributed by atoms with Crippen molar-refractivity contribution < 1.29 is 0 Å². The van der Waals surface area contributed by atoms with Crippen molar-refractivity contribution in [3.8, 4) is 0 Å². The molecule has 1 fully saturated rings. The molecule has 0 radical (unpaired) electrons. The molecule has 0 saturated carbocycles. The van der Waals surface area contributed by atoms with Gasteiger partial charge in [-0.2, -0.15) is 0 Å². The van der Waals surface area contributed by atoms with Crippen LogP contribution in [0.5, 0.6) is 0 Å². The Morgan fingerprint density at radius 2 is 1.92 bits per heavy atom. The fraction of sp³-hybridized carbons (Fsp3) is 1.00. The lowest BCUT2D eigenvalue weighted by Crippen LogP contribution is -2.54. The SMILES string of the molecule is CC(C)[C@@H]1CCCN(C(C)C)N1. The lowest BCUT2D eigenvalue weighted by Gasteiger charge is -2.38. The van der Waals surface area contributed by atoms with E-state index in [1.165, 1.54) is 19.4 Å². The maximum Gasteiger partial charge on any atom is 0.0238 e. The van der Waals surface area contributed by atoms with Crippen molar-refractivity contribution in [2.45, 2.75) is 52.6 Å². The molecule has 2 heteroatoms. The molecule has 1 N–H and O–H groups in total. The Hall–Kier alpha value is -0.0800. The van der Waals surface area contributed by atoms with Crippen LogP contribution in [0.4, 0.5) is 0 Å². The minimum absolute atomic E-state index is 0.631. The van der Waals surface area contributed by atoms with E-state index in [1.54, 1.807) is 0 Å². The average molecular weight is 170 g/mol. The normalized spacial score (nSPS) is 27.0. The van der Waals surface area contributed by atoms with Gasteiger partial charge in [-0.05, 0) is 32.6 Å². The van der Waals surface area contributed by atoms with Crippen molar-refractivity contribution in [2.75, 3.05) is 6.54 Å². The van der Waals surface area contributed by atoms with Crippen LogP contribution >= 0.6 is 0 Å². The van der Waals surface area contributed by atoms with Crippen LogP contribution in [-0.2, 0) is 0 Å². The largest absolute Gasteiger partial charge is 0.252 e. The summed E-state index contributed by atoms with van der Waals surface area (Å²) in [4.78, 5) is 0. The molecule has 1 atom stereocenters. The van der Waals surface area contributed by atoms with Gasteiger partial charge in [0.2, 0.25) is 0 Å². The Morgan fingerprint density at radius 1 is 1.25 bits per heavy atom. The smallest absolute Gasteiger partial charge is 0.0238 e. The molecular formula is C10H22N2. The van der Waals surface area contributed by atoms with Crippen molar-refractivity contribution in [2.24, 2.45) is 5.92 Å². The highest BCUT2D eigenvalue weighted by molar-refractivity contribution is 4.76. The molecule has 0 amide bonds. The van der Waals surface area contributed by atoms with Crippen LogP contribution in [0, 0.1) is 5.92 Å². The van der Waals surface area contributed by atoms with Crippen LogP contribution in [0.15, 0.2) is 0 Å². The van der Waals surface area contributed by atoms with Gasteiger partial charge >= 0.3 is 0 Å². The second kappa shape index (κ2) is 4.24. The molecule has 0 aliphatic carbocycles. The van der Waals surface area contributed by atoms with Crippen molar-refractivity contribution in [3.05, 3.63) is 0 Å². The monoisotopic (exact) mass is 170 g/mol. The third kappa shape index (κ3) is 2.46. The van der Waals surface area contributed by atoms with Crippen LogP contribution < -0.4 is 5.43 Å². The molecule has 72 valence electrons. The third-order valence-electron chi connectivity index (χ3n) is 2.67. The minimum atomic E-state index is 0.631. The second-order valence-electron chi connectivity index (χ2n) is 4.41. The van der Waals surface area contributed by atoms with Gasteiger partial charge in [-0.3, -0.25) is 5.43 Å². The van der Waals surface area contributed by atoms with E-state index in [-0.39, 0.29) is 0 Å². The summed E-state index contributed by atoms with van der Waals surface area (Å²) in [6, 6.07) is 1.33. The van der Waals surface area contributed by atoms with Gasteiger partial charge < -0.3 is 0 Å². The predicted octanol–water partition coefficient (Wildman–Crippen LogP) is 2.02. The summed E-state index contributed by atoms with van der Waals surface area (Å²) >= 11 is 0. The van der Waals surface area contributed by atoms with E-state index in [1.807, 2.05) is 0 Å². The maximum absolute atomic E-state index is 3.59. The topological polar surface area (TPSA) is 15.3 Å². The predicted molar refractivity (Wildman–Crippen MR) is 52.8 cm³/mol. The number of hydrogen-bond acceptors (Lipinski definition) is 2. The van der Waals surface area contributed by atoms with Crippen LogP contribution in [-0.4, -0.2) is 23.6 Å². The summed E-state index contributed by atoms with van der Waals surface area (Å²) in [6.45, 7) is 10.3. The summed E-state index contributed by atoms with van der Waals surface area (Å²) < 4.78 is 0. The van der Waals surface area contributed by atoms with Crippen LogP contribution in [0.1, 0.15) is 40.5 Å². The highest BCUT2D eigenvalue weighted by Gasteiger charge is 2.22. The summed E-state index contributed by atoms with van der Waals surface area (Å²) in [6.07, 6.45) is 2.68. The third-order valence-corrected chi connectivity index (χ3v) is 2.67. The fourth-order valence-electron chi connectivity index (χ4n) is 1.71. The van der Waals surface area contributed by atoms with Gasteiger partial charge in [0.1, 0.15) is 0 Å². The molecule has 0 unspecified atom stereocenters. The molecule has 1 saturated heterocycles. The molecule has 1 heterocycles. The first-order valence-corrected chi connectivity index (χ1v) is 5.14. The van der Waals surface area contributed by atoms with E-state index in [0.29, 0.717) is 12.1 Å². The Morgan fingerprint density at radius 3 is 2.42 bits per heavy atom. The van der Waals surface area contributed by atoms with Crippen LogP contribution in [0.25, 0.3) is 0 Å². The van der Waals surface area contributed by atoms with Gasteiger partial charge in [0, 0.05) is 18.6 Å². The van der Waals surface area contributed by atoms with Crippen molar-refractivity contribution in [1.82, 2.24) is 10.4 Å². The van der Waals surface area contributed by atoms with E-state index in [9.17, 15) is 0 Å². The molecule has 1 rings (SSSR count). The maximum atomic E-state index is 3.59. The van der Waals surface area contributed by atoms with Crippen molar-refractivity contribution >= 4 is 0 Å². The quantitative estimate of drug-likeness (QED) is 0.682. The minimum Gasteiger partial charge on any atom is -0.252 e. The van der Waals surface area contributed by atoms with Gasteiger partial charge in [-0.15, -0.1) is 0 Å². The van der Waals surface area contributed by atoms with Crippen LogP contribution in [0.3, 0.4) is 0 Å². The summed E-state index contributed by atoms with van der Waals surface area (Å²) in [5.74, 6) is 0.756. The standard InChI is InChI=1S/C10H22N2/c1-8(2)10-6-5-7-12(11-10)9(3)4/h8-11H,5-7H2,1-4H3/t10-/m0/s1. The zero-order chi connectivity index (χ0) is 9.14. The Labute approximate surface area is 76.3 Å². The van der Waals surface area contributed by atoms with Gasteiger partial charge in [0.15, 0.2) is 0 Å². The van der Waals surface area contributed by atoms with E-state index < -0.39 is 0 Å². The Balaban J connectivity index is 2.40. The first-order chi connectivity index (χ1) is 5.61. The summed E-state index contributed by atoms with van der Waals surface area (Å²) in [5.41, 5.74) is 3.59. The number of rotatable bonds is 2. The van der Waals surface area contributed by atoms with Crippen molar-refractivity contribution in [3.63, 3.8) is 0 Å². The highest BCUT2D eigenvalue weighted by Crippen LogP contribution is 2.15. The molecule has 0 spiro atoms. The molecule has 0 aromatic rings. The molecule has 0 bridgehead atoms. The molecule has 1 aliphatic heterocycles. The highest BCUT2D eigenvalue weighted by atomic mass is 15.5. The van der Waals surface area contributed by atoms with E-state index in [0.717, 1.165) is 5.92 Å². The summed E-state index contributed by atoms with van der Waals surface area (Å²) in [5, 5.41) is 2.37. The number of nitrogens with one attached hydrogen (secondary N) is 1. The molecule has 0 aromatic carbocycles. The molecule has 12 heavy (non-hydrogen) atoms.